The van der Waals surface area contributed by atoms with Gasteiger partial charge in [0.1, 0.15) is 0 Å². The molecule has 0 saturated carbocycles. The molecule has 1 aromatic rings. The van der Waals surface area contributed by atoms with Crippen molar-refractivity contribution in [2.75, 3.05) is 18.5 Å². The topological polar surface area (TPSA) is 38.0 Å². The number of hydrogen-bond donors (Lipinski definition) is 2. The van der Waals surface area contributed by atoms with Gasteiger partial charge >= 0.3 is 0 Å². The summed E-state index contributed by atoms with van der Waals surface area (Å²) in [5.74, 6) is 1.10. The molecule has 0 amide bonds. The van der Waals surface area contributed by atoms with Crippen LogP contribution in [0.5, 0.6) is 0 Å². The molecule has 0 heterocycles. The number of nitrogens with one attached hydrogen (secondary N) is 1. The lowest BCUT2D eigenvalue weighted by Gasteiger charge is -2.06. The Morgan fingerprint density at radius 3 is 2.86 bits per heavy atom. The van der Waals surface area contributed by atoms with E-state index >= 15 is 0 Å². The molecule has 0 aliphatic carbocycles. The molecule has 1 rings (SSSR count). The molecule has 0 aliphatic heterocycles. The number of anilines is 1. The lowest BCUT2D eigenvalue weighted by Crippen LogP contribution is -1.99. The fourth-order valence-corrected chi connectivity index (χ4v) is 1.93. The fraction of sp³-hybridized carbons (Fsp3) is 0.455. The standard InChI is InChI=1S/C11H18N2S/c1-3-10-8-9(4-5-11(10)12)6-7-14-13-2/h4-5,8,13H,3,6-7,12H2,1-2H3. The van der Waals surface area contributed by atoms with Crippen LogP contribution >= 0.6 is 11.9 Å². The van der Waals surface area contributed by atoms with Crippen molar-refractivity contribution in [1.82, 2.24) is 4.72 Å². The van der Waals surface area contributed by atoms with Crippen LogP contribution in [0, 0.1) is 0 Å². The number of aryl methyl sites for hydroxylation is 2. The molecule has 0 spiro atoms. The van der Waals surface area contributed by atoms with Crippen molar-refractivity contribution in [2.45, 2.75) is 19.8 Å². The monoisotopic (exact) mass is 210 g/mol. The van der Waals surface area contributed by atoms with E-state index < -0.39 is 0 Å². The second-order valence-electron chi connectivity index (χ2n) is 3.19. The maximum Gasteiger partial charge on any atom is 0.0346 e. The van der Waals surface area contributed by atoms with Crippen molar-refractivity contribution in [3.05, 3.63) is 29.3 Å². The molecule has 0 unspecified atom stereocenters. The van der Waals surface area contributed by atoms with Gasteiger partial charge in [0.15, 0.2) is 0 Å². The molecule has 3 heteroatoms. The van der Waals surface area contributed by atoms with E-state index in [1.807, 2.05) is 13.1 Å². The van der Waals surface area contributed by atoms with Gasteiger partial charge in [-0.1, -0.05) is 31.0 Å². The minimum atomic E-state index is 0.914. The molecule has 1 aromatic carbocycles. The van der Waals surface area contributed by atoms with Crippen LogP contribution < -0.4 is 10.5 Å². The molecule has 0 radical (unpaired) electrons. The first-order valence-corrected chi connectivity index (χ1v) is 5.92. The molecule has 78 valence electrons. The summed E-state index contributed by atoms with van der Waals surface area (Å²) in [7, 11) is 1.95. The van der Waals surface area contributed by atoms with Crippen LogP contribution in [-0.2, 0) is 12.8 Å². The Hall–Kier alpha value is -0.670. The maximum atomic E-state index is 5.84. The molecular formula is C11H18N2S. The van der Waals surface area contributed by atoms with Crippen LogP contribution in [0.3, 0.4) is 0 Å². The Bertz CT molecular complexity index is 287. The van der Waals surface area contributed by atoms with Gasteiger partial charge in [-0.2, -0.15) is 0 Å². The molecule has 0 bridgehead atoms. The average molecular weight is 210 g/mol. The molecule has 14 heavy (non-hydrogen) atoms. The van der Waals surface area contributed by atoms with Gasteiger partial charge in [0.05, 0.1) is 0 Å². The van der Waals surface area contributed by atoms with Gasteiger partial charge in [-0.15, -0.1) is 0 Å². The van der Waals surface area contributed by atoms with Gasteiger partial charge in [0, 0.05) is 11.4 Å². The van der Waals surface area contributed by atoms with Crippen molar-refractivity contribution in [3.63, 3.8) is 0 Å². The van der Waals surface area contributed by atoms with Gasteiger partial charge in [0.25, 0.3) is 0 Å². The maximum absolute atomic E-state index is 5.84. The third kappa shape index (κ3) is 3.24. The zero-order valence-electron chi connectivity index (χ0n) is 8.84. The van der Waals surface area contributed by atoms with Gasteiger partial charge in [-0.25, -0.2) is 0 Å². The van der Waals surface area contributed by atoms with Crippen molar-refractivity contribution in [3.8, 4) is 0 Å². The van der Waals surface area contributed by atoms with Crippen LogP contribution in [0.2, 0.25) is 0 Å². The summed E-state index contributed by atoms with van der Waals surface area (Å²) in [6, 6.07) is 6.34. The highest BCUT2D eigenvalue weighted by Crippen LogP contribution is 2.15. The predicted octanol–water partition coefficient (Wildman–Crippen LogP) is 2.24. The van der Waals surface area contributed by atoms with Gasteiger partial charge < -0.3 is 5.73 Å². The number of benzene rings is 1. The Balaban J connectivity index is 2.60. The SMILES string of the molecule is CCc1cc(CCSNC)ccc1N. The molecule has 0 saturated heterocycles. The van der Waals surface area contributed by atoms with E-state index in [1.54, 1.807) is 11.9 Å². The Morgan fingerprint density at radius 2 is 2.21 bits per heavy atom. The quantitative estimate of drug-likeness (QED) is 0.445. The minimum Gasteiger partial charge on any atom is -0.399 e. The van der Waals surface area contributed by atoms with E-state index in [0.29, 0.717) is 0 Å². The highest BCUT2D eigenvalue weighted by molar-refractivity contribution is 7.97. The average Bonchev–Trinajstić information content (AvgIpc) is 2.21. The molecule has 0 aliphatic rings. The Kier molecular flexibility index (Phi) is 4.84. The summed E-state index contributed by atoms with van der Waals surface area (Å²) in [5, 5.41) is 0. The van der Waals surface area contributed by atoms with Gasteiger partial charge in [0.2, 0.25) is 0 Å². The number of nitrogens with two attached hydrogens (primary N) is 1. The van der Waals surface area contributed by atoms with E-state index in [1.165, 1.54) is 11.1 Å². The number of hydrogen-bond acceptors (Lipinski definition) is 3. The van der Waals surface area contributed by atoms with Crippen molar-refractivity contribution in [1.29, 1.82) is 0 Å². The first-order chi connectivity index (χ1) is 6.77. The largest absolute Gasteiger partial charge is 0.399 e. The number of nitrogen functional groups attached to an aromatic ring is 1. The summed E-state index contributed by atoms with van der Waals surface area (Å²) < 4.78 is 3.07. The molecule has 0 fully saturated rings. The lowest BCUT2D eigenvalue weighted by molar-refractivity contribution is 1.09. The van der Waals surface area contributed by atoms with E-state index in [-0.39, 0.29) is 0 Å². The molecule has 3 N–H and O–H groups in total. The third-order valence-electron chi connectivity index (χ3n) is 2.23. The van der Waals surface area contributed by atoms with Crippen LogP contribution in [0.15, 0.2) is 18.2 Å². The van der Waals surface area contributed by atoms with E-state index in [9.17, 15) is 0 Å². The lowest BCUT2D eigenvalue weighted by atomic mass is 10.1. The zero-order valence-corrected chi connectivity index (χ0v) is 9.66. The van der Waals surface area contributed by atoms with Crippen molar-refractivity contribution < 1.29 is 0 Å². The molecule has 2 nitrogen and oxygen atoms in total. The van der Waals surface area contributed by atoms with Gasteiger partial charge in [-0.05, 0) is 37.1 Å². The van der Waals surface area contributed by atoms with E-state index in [4.69, 9.17) is 5.73 Å². The second-order valence-corrected chi connectivity index (χ2v) is 4.29. The second kappa shape index (κ2) is 5.94. The molecular weight excluding hydrogens is 192 g/mol. The summed E-state index contributed by atoms with van der Waals surface area (Å²) in [5.41, 5.74) is 9.39. The van der Waals surface area contributed by atoms with E-state index in [0.717, 1.165) is 24.3 Å². The number of rotatable bonds is 5. The first kappa shape index (κ1) is 11.4. The summed E-state index contributed by atoms with van der Waals surface area (Å²) >= 11 is 1.74. The van der Waals surface area contributed by atoms with Crippen LogP contribution in [0.4, 0.5) is 5.69 Å². The fourth-order valence-electron chi connectivity index (χ4n) is 1.39. The van der Waals surface area contributed by atoms with Gasteiger partial charge in [-0.3, -0.25) is 4.72 Å². The minimum absolute atomic E-state index is 0.914. The Morgan fingerprint density at radius 1 is 1.43 bits per heavy atom. The highest BCUT2D eigenvalue weighted by Gasteiger charge is 1.99. The zero-order chi connectivity index (χ0) is 10.4. The van der Waals surface area contributed by atoms with Crippen LogP contribution in [0.1, 0.15) is 18.1 Å². The van der Waals surface area contributed by atoms with Crippen LogP contribution in [-0.4, -0.2) is 12.8 Å². The van der Waals surface area contributed by atoms with Crippen LogP contribution in [0.25, 0.3) is 0 Å². The predicted molar refractivity (Wildman–Crippen MR) is 65.5 cm³/mol. The highest BCUT2D eigenvalue weighted by atomic mass is 32.2. The Labute approximate surface area is 90.4 Å². The third-order valence-corrected chi connectivity index (χ3v) is 2.92. The molecule has 0 aromatic heterocycles. The summed E-state index contributed by atoms with van der Waals surface area (Å²) in [4.78, 5) is 0. The van der Waals surface area contributed by atoms with Crippen molar-refractivity contribution in [2.24, 2.45) is 0 Å². The summed E-state index contributed by atoms with van der Waals surface area (Å²) in [6.07, 6.45) is 2.11. The normalized spacial score (nSPS) is 10.4. The van der Waals surface area contributed by atoms with E-state index in [2.05, 4.69) is 23.8 Å². The molecule has 0 atom stereocenters. The summed E-state index contributed by atoms with van der Waals surface area (Å²) in [6.45, 7) is 2.14. The first-order valence-electron chi connectivity index (χ1n) is 4.93. The smallest absolute Gasteiger partial charge is 0.0346 e. The van der Waals surface area contributed by atoms with Crippen molar-refractivity contribution >= 4 is 17.6 Å².